The van der Waals surface area contributed by atoms with Crippen LogP contribution in [0.15, 0.2) is 24.3 Å². The highest BCUT2D eigenvalue weighted by molar-refractivity contribution is 5.76. The lowest BCUT2D eigenvalue weighted by atomic mass is 10.2. The molecule has 0 saturated carbocycles. The van der Waals surface area contributed by atoms with Gasteiger partial charge in [0.25, 0.3) is 0 Å². The van der Waals surface area contributed by atoms with E-state index in [0.29, 0.717) is 19.6 Å². The van der Waals surface area contributed by atoms with Crippen molar-refractivity contribution in [2.24, 2.45) is 0 Å². The number of carbonyl (C=O) groups is 1. The summed E-state index contributed by atoms with van der Waals surface area (Å²) in [7, 11) is 1.87. The minimum atomic E-state index is 0.180. The van der Waals surface area contributed by atoms with Crippen LogP contribution in [0.2, 0.25) is 0 Å². The Labute approximate surface area is 122 Å². The third kappa shape index (κ3) is 5.51. The number of hydrogen-bond acceptors (Lipinski definition) is 3. The monoisotopic (exact) mass is 278 g/mol. The minimum absolute atomic E-state index is 0.180. The van der Waals surface area contributed by atoms with E-state index >= 15 is 0 Å². The predicted molar refractivity (Wildman–Crippen MR) is 83.3 cm³/mol. The number of nitrogens with one attached hydrogen (secondary N) is 1. The molecule has 0 heterocycles. The molecule has 20 heavy (non-hydrogen) atoms. The number of ether oxygens (including phenoxy) is 1. The Balaban J connectivity index is 2.38. The molecule has 0 aromatic heterocycles. The van der Waals surface area contributed by atoms with Crippen LogP contribution in [0.4, 0.5) is 5.69 Å². The van der Waals surface area contributed by atoms with E-state index in [-0.39, 0.29) is 5.91 Å². The number of nitrogens with zero attached hydrogens (tertiary/aromatic N) is 1. The van der Waals surface area contributed by atoms with Crippen molar-refractivity contribution in [1.29, 1.82) is 0 Å². The van der Waals surface area contributed by atoms with Gasteiger partial charge in [-0.2, -0.15) is 0 Å². The summed E-state index contributed by atoms with van der Waals surface area (Å²) in [6.07, 6.45) is 2.67. The average molecular weight is 278 g/mol. The summed E-state index contributed by atoms with van der Waals surface area (Å²) >= 11 is 0. The van der Waals surface area contributed by atoms with Gasteiger partial charge in [0.2, 0.25) is 5.91 Å². The Morgan fingerprint density at radius 1 is 1.30 bits per heavy atom. The van der Waals surface area contributed by atoms with Gasteiger partial charge in [-0.3, -0.25) is 4.79 Å². The van der Waals surface area contributed by atoms with Crippen LogP contribution in [0.25, 0.3) is 0 Å². The van der Waals surface area contributed by atoms with Gasteiger partial charge in [-0.15, -0.1) is 0 Å². The molecule has 1 aromatic rings. The highest BCUT2D eigenvalue weighted by atomic mass is 16.5. The van der Waals surface area contributed by atoms with E-state index < -0.39 is 0 Å². The summed E-state index contributed by atoms with van der Waals surface area (Å²) in [6.45, 7) is 6.19. The third-order valence-electron chi connectivity index (χ3n) is 3.11. The second-order valence-corrected chi connectivity index (χ2v) is 4.77. The minimum Gasteiger partial charge on any atom is -0.492 e. The smallest absolute Gasteiger partial charge is 0.224 e. The molecular weight excluding hydrogens is 252 g/mol. The molecule has 0 spiro atoms. The van der Waals surface area contributed by atoms with E-state index in [9.17, 15) is 4.79 Å². The lowest BCUT2D eigenvalue weighted by molar-refractivity contribution is -0.129. The second kappa shape index (κ2) is 9.23. The maximum atomic E-state index is 11.9. The summed E-state index contributed by atoms with van der Waals surface area (Å²) in [4.78, 5) is 13.7. The quantitative estimate of drug-likeness (QED) is 0.754. The maximum Gasteiger partial charge on any atom is 0.224 e. The predicted octanol–water partition coefficient (Wildman–Crippen LogP) is 3.15. The van der Waals surface area contributed by atoms with E-state index in [1.807, 2.05) is 38.2 Å². The molecule has 1 aromatic carbocycles. The van der Waals surface area contributed by atoms with Crippen LogP contribution >= 0.6 is 0 Å². The van der Waals surface area contributed by atoms with E-state index in [0.717, 1.165) is 30.8 Å². The molecule has 0 fully saturated rings. The molecule has 112 valence electrons. The van der Waals surface area contributed by atoms with E-state index in [2.05, 4.69) is 12.2 Å². The summed E-state index contributed by atoms with van der Waals surface area (Å²) in [6, 6.07) is 7.80. The van der Waals surface area contributed by atoms with Crippen LogP contribution < -0.4 is 10.1 Å². The first kappa shape index (κ1) is 16.3. The van der Waals surface area contributed by atoms with Gasteiger partial charge in [-0.25, -0.2) is 0 Å². The standard InChI is InChI=1S/C16H26N2O2/c1-4-6-13-18(3)16(19)11-12-17-14-9-7-8-10-15(14)20-5-2/h7-10,17H,4-6,11-13H2,1-3H3. The molecule has 0 unspecified atom stereocenters. The molecule has 0 radical (unpaired) electrons. The SMILES string of the molecule is CCCCN(C)C(=O)CCNc1ccccc1OCC. The van der Waals surface area contributed by atoms with E-state index in [1.54, 1.807) is 4.90 Å². The van der Waals surface area contributed by atoms with Crippen LogP contribution in [-0.2, 0) is 4.79 Å². The highest BCUT2D eigenvalue weighted by Gasteiger charge is 2.08. The fraction of sp³-hybridized carbons (Fsp3) is 0.562. The number of anilines is 1. The molecule has 0 aliphatic carbocycles. The van der Waals surface area contributed by atoms with Gasteiger partial charge >= 0.3 is 0 Å². The first-order chi connectivity index (χ1) is 9.69. The number of unbranched alkanes of at least 4 members (excludes halogenated alkanes) is 1. The van der Waals surface area contributed by atoms with Gasteiger partial charge < -0.3 is 15.0 Å². The van der Waals surface area contributed by atoms with Crippen LogP contribution in [-0.4, -0.2) is 37.6 Å². The lowest BCUT2D eigenvalue weighted by Crippen LogP contribution is -2.29. The third-order valence-corrected chi connectivity index (χ3v) is 3.11. The topological polar surface area (TPSA) is 41.6 Å². The van der Waals surface area contributed by atoms with Crippen LogP contribution in [0.3, 0.4) is 0 Å². The Bertz CT molecular complexity index is 407. The van der Waals surface area contributed by atoms with Crippen LogP contribution in [0.5, 0.6) is 5.75 Å². The first-order valence-corrected chi connectivity index (χ1v) is 7.38. The number of rotatable bonds is 9. The number of amides is 1. The van der Waals surface area contributed by atoms with Gasteiger partial charge in [0.1, 0.15) is 5.75 Å². The highest BCUT2D eigenvalue weighted by Crippen LogP contribution is 2.23. The number of benzene rings is 1. The van der Waals surface area contributed by atoms with Gasteiger partial charge in [0, 0.05) is 26.6 Å². The number of para-hydroxylation sites is 2. The van der Waals surface area contributed by atoms with Gasteiger partial charge in [0.15, 0.2) is 0 Å². The molecule has 0 saturated heterocycles. The second-order valence-electron chi connectivity index (χ2n) is 4.77. The molecule has 0 bridgehead atoms. The zero-order valence-corrected chi connectivity index (χ0v) is 12.8. The zero-order valence-electron chi connectivity index (χ0n) is 12.8. The molecule has 1 amide bonds. The molecule has 0 aliphatic heterocycles. The number of hydrogen-bond donors (Lipinski definition) is 1. The Hall–Kier alpha value is -1.71. The van der Waals surface area contributed by atoms with Crippen molar-refractivity contribution in [3.05, 3.63) is 24.3 Å². The molecule has 1 N–H and O–H groups in total. The molecule has 4 nitrogen and oxygen atoms in total. The normalized spacial score (nSPS) is 10.2. The van der Waals surface area contributed by atoms with Crippen molar-refractivity contribution >= 4 is 11.6 Å². The van der Waals surface area contributed by atoms with Gasteiger partial charge in [-0.05, 0) is 25.5 Å². The molecule has 4 heteroatoms. The lowest BCUT2D eigenvalue weighted by Gasteiger charge is -2.17. The maximum absolute atomic E-state index is 11.9. The average Bonchev–Trinajstić information content (AvgIpc) is 2.46. The van der Waals surface area contributed by atoms with E-state index in [4.69, 9.17) is 4.74 Å². The van der Waals surface area contributed by atoms with Crippen molar-refractivity contribution in [2.75, 3.05) is 32.1 Å². The van der Waals surface area contributed by atoms with Crippen molar-refractivity contribution in [3.8, 4) is 5.75 Å². The fourth-order valence-corrected chi connectivity index (χ4v) is 1.91. The van der Waals surface area contributed by atoms with Crippen LogP contribution in [0, 0.1) is 0 Å². The number of carbonyl (C=O) groups excluding carboxylic acids is 1. The van der Waals surface area contributed by atoms with Crippen molar-refractivity contribution < 1.29 is 9.53 Å². The van der Waals surface area contributed by atoms with Gasteiger partial charge in [0.05, 0.1) is 12.3 Å². The molecule has 1 rings (SSSR count). The van der Waals surface area contributed by atoms with Crippen LogP contribution in [0.1, 0.15) is 33.1 Å². The van der Waals surface area contributed by atoms with Crippen molar-refractivity contribution in [3.63, 3.8) is 0 Å². The summed E-state index contributed by atoms with van der Waals surface area (Å²) in [5, 5.41) is 3.27. The first-order valence-electron chi connectivity index (χ1n) is 7.38. The van der Waals surface area contributed by atoms with Crippen molar-refractivity contribution in [1.82, 2.24) is 4.90 Å². The summed E-state index contributed by atoms with van der Waals surface area (Å²) in [5.41, 5.74) is 0.943. The largest absolute Gasteiger partial charge is 0.492 e. The summed E-state index contributed by atoms with van der Waals surface area (Å²) < 4.78 is 5.54. The Kier molecular flexibility index (Phi) is 7.55. The Morgan fingerprint density at radius 2 is 2.05 bits per heavy atom. The summed E-state index contributed by atoms with van der Waals surface area (Å²) in [5.74, 6) is 1.02. The fourth-order valence-electron chi connectivity index (χ4n) is 1.91. The van der Waals surface area contributed by atoms with E-state index in [1.165, 1.54) is 0 Å². The molecular formula is C16H26N2O2. The molecule has 0 atom stereocenters. The zero-order chi connectivity index (χ0) is 14.8. The molecule has 0 aliphatic rings. The Morgan fingerprint density at radius 3 is 2.75 bits per heavy atom. The van der Waals surface area contributed by atoms with Crippen molar-refractivity contribution in [2.45, 2.75) is 33.1 Å². The van der Waals surface area contributed by atoms with Gasteiger partial charge in [-0.1, -0.05) is 25.5 Å².